The maximum absolute atomic E-state index is 11.8. The minimum absolute atomic E-state index is 0.121. The molecule has 0 bridgehead atoms. The summed E-state index contributed by atoms with van der Waals surface area (Å²) in [5, 5.41) is 26.4. The van der Waals surface area contributed by atoms with E-state index in [2.05, 4.69) is 25.9 Å². The Labute approximate surface area is 174 Å². The van der Waals surface area contributed by atoms with Crippen molar-refractivity contribution in [2.75, 3.05) is 7.05 Å². The molecule has 8 nitrogen and oxygen atoms in total. The highest BCUT2D eigenvalue weighted by Crippen LogP contribution is 2.30. The van der Waals surface area contributed by atoms with Crippen LogP contribution in [0.15, 0.2) is 48.5 Å². The zero-order valence-corrected chi connectivity index (χ0v) is 17.0. The molecular formula is C22H25N5O3. The van der Waals surface area contributed by atoms with Gasteiger partial charge in [0.15, 0.2) is 5.82 Å². The molecule has 2 atom stereocenters. The summed E-state index contributed by atoms with van der Waals surface area (Å²) in [6.07, 6.45) is 1.81. The van der Waals surface area contributed by atoms with Crippen molar-refractivity contribution < 1.29 is 14.7 Å². The molecule has 3 aromatic rings. The summed E-state index contributed by atoms with van der Waals surface area (Å²) in [6.45, 7) is 1.97. The van der Waals surface area contributed by atoms with Crippen molar-refractivity contribution in [2.45, 2.75) is 32.1 Å². The minimum atomic E-state index is -0.848. The van der Waals surface area contributed by atoms with Gasteiger partial charge in [0.1, 0.15) is 0 Å². The van der Waals surface area contributed by atoms with Gasteiger partial charge < -0.3 is 10.4 Å². The van der Waals surface area contributed by atoms with Gasteiger partial charge in [0.25, 0.3) is 5.91 Å². The highest BCUT2D eigenvalue weighted by Gasteiger charge is 2.31. The first kappa shape index (κ1) is 21.2. The zero-order valence-electron chi connectivity index (χ0n) is 17.0. The number of rotatable bonds is 9. The van der Waals surface area contributed by atoms with Crippen LogP contribution < -0.4 is 5.32 Å². The largest absolute Gasteiger partial charge is 0.481 e. The van der Waals surface area contributed by atoms with Crippen LogP contribution in [0, 0.1) is 5.92 Å². The van der Waals surface area contributed by atoms with Gasteiger partial charge in [0, 0.05) is 18.5 Å². The topological polar surface area (TPSA) is 121 Å². The minimum Gasteiger partial charge on any atom is -0.481 e. The lowest BCUT2D eigenvalue weighted by molar-refractivity contribution is -0.143. The third-order valence-electron chi connectivity index (χ3n) is 5.21. The molecule has 8 heteroatoms. The molecule has 0 spiro atoms. The monoisotopic (exact) mass is 407 g/mol. The maximum atomic E-state index is 11.8. The van der Waals surface area contributed by atoms with E-state index in [0.29, 0.717) is 24.2 Å². The van der Waals surface area contributed by atoms with E-state index >= 15 is 0 Å². The zero-order chi connectivity index (χ0) is 21.5. The van der Waals surface area contributed by atoms with Crippen LogP contribution in [0.2, 0.25) is 0 Å². The van der Waals surface area contributed by atoms with Crippen LogP contribution in [0.25, 0.3) is 11.1 Å². The van der Waals surface area contributed by atoms with Gasteiger partial charge in [0.05, 0.1) is 5.92 Å². The number of amides is 1. The second-order valence-electron chi connectivity index (χ2n) is 7.17. The van der Waals surface area contributed by atoms with Crippen LogP contribution in [0.5, 0.6) is 0 Å². The number of carbonyl (C=O) groups is 2. The lowest BCUT2D eigenvalue weighted by Gasteiger charge is -2.21. The first-order valence-corrected chi connectivity index (χ1v) is 9.91. The number of tetrazole rings is 1. The van der Waals surface area contributed by atoms with Gasteiger partial charge >= 0.3 is 5.97 Å². The molecule has 0 aliphatic rings. The summed E-state index contributed by atoms with van der Waals surface area (Å²) in [4.78, 5) is 23.5. The summed E-state index contributed by atoms with van der Waals surface area (Å²) in [5.74, 6) is -1.49. The number of H-pyrrole nitrogens is 1. The normalized spacial score (nSPS) is 12.9. The number of benzene rings is 2. The Balaban J connectivity index is 1.80. The SMILES string of the molecule is CCC[C@H](C(=O)O)[C@H](Cc1ccc(-c2ccc(C(=O)NC)cc2)cc1)c1nn[nH]n1. The average Bonchev–Trinajstić information content (AvgIpc) is 3.31. The first-order chi connectivity index (χ1) is 14.5. The van der Waals surface area contributed by atoms with Crippen molar-refractivity contribution >= 4 is 11.9 Å². The van der Waals surface area contributed by atoms with Crippen LogP contribution in [-0.4, -0.2) is 44.7 Å². The summed E-state index contributed by atoms with van der Waals surface area (Å²) >= 11 is 0. The van der Waals surface area contributed by atoms with Crippen LogP contribution in [0.4, 0.5) is 0 Å². The van der Waals surface area contributed by atoms with E-state index in [-0.39, 0.29) is 11.8 Å². The molecule has 0 fully saturated rings. The number of carboxylic acids is 1. The van der Waals surface area contributed by atoms with E-state index in [1.807, 2.05) is 43.3 Å². The summed E-state index contributed by atoms with van der Waals surface area (Å²) in [7, 11) is 1.60. The standard InChI is InChI=1S/C22H25N5O3/c1-3-4-18(22(29)30)19(20-24-26-27-25-20)13-14-5-7-15(8-6-14)16-9-11-17(12-10-16)21(28)23-2/h5-12,18-19H,3-4,13H2,1-2H3,(H,23,28)(H,29,30)(H,24,25,26,27)/t18-,19-/m0/s1. The van der Waals surface area contributed by atoms with Gasteiger partial charge in [-0.05, 0) is 41.7 Å². The molecule has 156 valence electrons. The first-order valence-electron chi connectivity index (χ1n) is 9.91. The smallest absolute Gasteiger partial charge is 0.307 e. The summed E-state index contributed by atoms with van der Waals surface area (Å²) < 4.78 is 0. The number of aromatic nitrogens is 4. The van der Waals surface area contributed by atoms with Crippen LogP contribution >= 0.6 is 0 Å². The van der Waals surface area contributed by atoms with E-state index in [1.54, 1.807) is 19.2 Å². The number of nitrogens with zero attached hydrogens (tertiary/aromatic N) is 3. The van der Waals surface area contributed by atoms with Crippen molar-refractivity contribution in [3.05, 3.63) is 65.5 Å². The quantitative estimate of drug-likeness (QED) is 0.501. The van der Waals surface area contributed by atoms with Crippen molar-refractivity contribution in [1.82, 2.24) is 25.9 Å². The number of hydrogen-bond donors (Lipinski definition) is 3. The highest BCUT2D eigenvalue weighted by molar-refractivity contribution is 5.94. The molecule has 0 radical (unpaired) electrons. The van der Waals surface area contributed by atoms with E-state index in [0.717, 1.165) is 23.1 Å². The number of hydrogen-bond acceptors (Lipinski definition) is 5. The molecule has 1 heterocycles. The highest BCUT2D eigenvalue weighted by atomic mass is 16.4. The van der Waals surface area contributed by atoms with Crippen molar-refractivity contribution in [3.63, 3.8) is 0 Å². The molecule has 0 aliphatic carbocycles. The van der Waals surface area contributed by atoms with Gasteiger partial charge in [0.2, 0.25) is 0 Å². The second kappa shape index (κ2) is 9.78. The van der Waals surface area contributed by atoms with Crippen LogP contribution in [-0.2, 0) is 11.2 Å². The average molecular weight is 407 g/mol. The molecule has 1 amide bonds. The van der Waals surface area contributed by atoms with Crippen LogP contribution in [0.1, 0.15) is 47.4 Å². The molecule has 1 aromatic heterocycles. The Morgan fingerprint density at radius 1 is 1.07 bits per heavy atom. The van der Waals surface area contributed by atoms with Gasteiger partial charge in [-0.2, -0.15) is 5.21 Å². The van der Waals surface area contributed by atoms with Gasteiger partial charge in [-0.25, -0.2) is 0 Å². The number of nitrogens with one attached hydrogen (secondary N) is 2. The fourth-order valence-electron chi connectivity index (χ4n) is 3.59. The molecule has 3 rings (SSSR count). The summed E-state index contributed by atoms with van der Waals surface area (Å²) in [6, 6.07) is 15.3. The Morgan fingerprint density at radius 2 is 1.70 bits per heavy atom. The molecule has 2 aromatic carbocycles. The molecular weight excluding hydrogens is 382 g/mol. The second-order valence-corrected chi connectivity index (χ2v) is 7.17. The van der Waals surface area contributed by atoms with Crippen molar-refractivity contribution in [2.24, 2.45) is 5.92 Å². The van der Waals surface area contributed by atoms with E-state index in [9.17, 15) is 14.7 Å². The Bertz CT molecular complexity index is 969. The van der Waals surface area contributed by atoms with Crippen molar-refractivity contribution in [3.8, 4) is 11.1 Å². The number of aliphatic carboxylic acids is 1. The fourth-order valence-corrected chi connectivity index (χ4v) is 3.59. The molecule has 0 saturated carbocycles. The molecule has 0 unspecified atom stereocenters. The fraction of sp³-hybridized carbons (Fsp3) is 0.318. The van der Waals surface area contributed by atoms with Gasteiger partial charge in [-0.1, -0.05) is 55.0 Å². The molecule has 0 aliphatic heterocycles. The lowest BCUT2D eigenvalue weighted by atomic mass is 9.83. The van der Waals surface area contributed by atoms with E-state index in [4.69, 9.17) is 0 Å². The third kappa shape index (κ3) is 4.89. The number of carboxylic acid groups (broad SMARTS) is 1. The Morgan fingerprint density at radius 3 is 2.20 bits per heavy atom. The third-order valence-corrected chi connectivity index (χ3v) is 5.21. The van der Waals surface area contributed by atoms with E-state index < -0.39 is 11.9 Å². The predicted octanol–water partition coefficient (Wildman–Crippen LogP) is 3.05. The number of carbonyl (C=O) groups excluding carboxylic acids is 1. The molecule has 30 heavy (non-hydrogen) atoms. The van der Waals surface area contributed by atoms with Gasteiger partial charge in [-0.3, -0.25) is 9.59 Å². The predicted molar refractivity (Wildman–Crippen MR) is 112 cm³/mol. The Kier molecular flexibility index (Phi) is 6.90. The van der Waals surface area contributed by atoms with Gasteiger partial charge in [-0.15, -0.1) is 10.2 Å². The summed E-state index contributed by atoms with van der Waals surface area (Å²) in [5.41, 5.74) is 3.62. The lowest BCUT2D eigenvalue weighted by Crippen LogP contribution is -2.25. The Hall–Kier alpha value is -3.55. The van der Waals surface area contributed by atoms with Crippen LogP contribution in [0.3, 0.4) is 0 Å². The van der Waals surface area contributed by atoms with Crippen molar-refractivity contribution in [1.29, 1.82) is 0 Å². The molecule has 0 saturated heterocycles. The maximum Gasteiger partial charge on any atom is 0.307 e. The molecule has 3 N–H and O–H groups in total. The van der Waals surface area contributed by atoms with E-state index in [1.165, 1.54) is 0 Å². The number of aromatic amines is 1.